The molecule has 0 saturated carbocycles. The van der Waals surface area contributed by atoms with Crippen molar-refractivity contribution in [1.29, 1.82) is 0 Å². The van der Waals surface area contributed by atoms with E-state index in [-0.39, 0.29) is 11.9 Å². The van der Waals surface area contributed by atoms with E-state index in [0.29, 0.717) is 12.6 Å². The quantitative estimate of drug-likeness (QED) is 0.746. The number of hydrogen-bond acceptors (Lipinski definition) is 4. The lowest BCUT2D eigenvalue weighted by atomic mass is 9.87. The lowest BCUT2D eigenvalue weighted by Crippen LogP contribution is -2.54. The highest BCUT2D eigenvalue weighted by molar-refractivity contribution is 6.07. The van der Waals surface area contributed by atoms with Crippen LogP contribution in [-0.4, -0.2) is 66.5 Å². The van der Waals surface area contributed by atoms with Gasteiger partial charge in [-0.3, -0.25) is 9.69 Å². The molecule has 3 aliphatic rings. The van der Waals surface area contributed by atoms with Crippen LogP contribution in [0.15, 0.2) is 0 Å². The van der Waals surface area contributed by atoms with Crippen LogP contribution in [0.4, 0.5) is 4.79 Å². The van der Waals surface area contributed by atoms with Crippen LogP contribution in [0.1, 0.15) is 38.5 Å². The second kappa shape index (κ2) is 5.93. The molecule has 3 amide bonds. The van der Waals surface area contributed by atoms with E-state index in [1.165, 1.54) is 17.7 Å². The highest BCUT2D eigenvalue weighted by Crippen LogP contribution is 2.29. The van der Waals surface area contributed by atoms with Gasteiger partial charge in [0.25, 0.3) is 5.91 Å². The average molecular weight is 294 g/mol. The van der Waals surface area contributed by atoms with Gasteiger partial charge in [0.15, 0.2) is 0 Å². The van der Waals surface area contributed by atoms with Gasteiger partial charge in [0, 0.05) is 25.7 Å². The molecular weight excluding hydrogens is 268 g/mol. The predicted molar refractivity (Wildman–Crippen MR) is 80.0 cm³/mol. The fraction of sp³-hybridized carbons (Fsp3) is 0.867. The van der Waals surface area contributed by atoms with Gasteiger partial charge in [-0.25, -0.2) is 4.79 Å². The van der Waals surface area contributed by atoms with Gasteiger partial charge < -0.3 is 15.5 Å². The van der Waals surface area contributed by atoms with Gasteiger partial charge in [-0.2, -0.15) is 0 Å². The maximum atomic E-state index is 12.7. The summed E-state index contributed by atoms with van der Waals surface area (Å²) < 4.78 is 0. The molecule has 1 unspecified atom stereocenters. The van der Waals surface area contributed by atoms with Gasteiger partial charge in [0.2, 0.25) is 0 Å². The molecule has 3 saturated heterocycles. The maximum Gasteiger partial charge on any atom is 0.325 e. The van der Waals surface area contributed by atoms with Crippen molar-refractivity contribution in [2.45, 2.75) is 50.1 Å². The largest absolute Gasteiger partial charge is 0.325 e. The fourth-order valence-corrected chi connectivity index (χ4v) is 3.67. The van der Waals surface area contributed by atoms with E-state index in [2.05, 4.69) is 22.6 Å². The smallest absolute Gasteiger partial charge is 0.323 e. The topological polar surface area (TPSA) is 64.7 Å². The molecule has 6 heteroatoms. The molecule has 1 atom stereocenters. The first-order valence-corrected chi connectivity index (χ1v) is 8.17. The Balaban J connectivity index is 1.58. The second-order valence-corrected chi connectivity index (χ2v) is 6.71. The summed E-state index contributed by atoms with van der Waals surface area (Å²) in [6.07, 6.45) is 5.96. The normalized spacial score (nSPS) is 30.0. The first-order valence-electron chi connectivity index (χ1n) is 8.17. The third kappa shape index (κ3) is 2.92. The minimum Gasteiger partial charge on any atom is -0.323 e. The fourth-order valence-electron chi connectivity index (χ4n) is 3.67. The number of hydrogen-bond donors (Lipinski definition) is 2. The van der Waals surface area contributed by atoms with Crippen molar-refractivity contribution in [3.8, 4) is 0 Å². The zero-order valence-corrected chi connectivity index (χ0v) is 12.9. The molecule has 3 heterocycles. The summed E-state index contributed by atoms with van der Waals surface area (Å²) >= 11 is 0. The van der Waals surface area contributed by atoms with E-state index in [1.54, 1.807) is 0 Å². The third-order valence-corrected chi connectivity index (χ3v) is 5.20. The lowest BCUT2D eigenvalue weighted by Gasteiger charge is -2.35. The van der Waals surface area contributed by atoms with Crippen molar-refractivity contribution < 1.29 is 9.59 Å². The summed E-state index contributed by atoms with van der Waals surface area (Å²) in [6, 6.07) is 0.258. The molecule has 3 aliphatic heterocycles. The number of nitrogens with zero attached hydrogens (tertiary/aromatic N) is 2. The molecule has 0 aromatic rings. The highest BCUT2D eigenvalue weighted by Gasteiger charge is 2.51. The number of piperidine rings is 2. The van der Waals surface area contributed by atoms with Gasteiger partial charge in [-0.1, -0.05) is 6.42 Å². The molecule has 0 aromatic carbocycles. The second-order valence-electron chi connectivity index (χ2n) is 6.71. The summed E-state index contributed by atoms with van der Waals surface area (Å²) in [5.74, 6) is -0.00332. The first-order chi connectivity index (χ1) is 10.1. The molecule has 0 radical (unpaired) electrons. The van der Waals surface area contributed by atoms with Gasteiger partial charge >= 0.3 is 6.03 Å². The van der Waals surface area contributed by atoms with Gasteiger partial charge in [-0.05, 0) is 45.7 Å². The molecule has 0 aromatic heterocycles. The molecule has 0 bridgehead atoms. The first kappa shape index (κ1) is 14.8. The summed E-state index contributed by atoms with van der Waals surface area (Å²) in [4.78, 5) is 28.5. The Labute approximate surface area is 126 Å². The van der Waals surface area contributed by atoms with Gasteiger partial charge in [-0.15, -0.1) is 0 Å². The maximum absolute atomic E-state index is 12.7. The van der Waals surface area contributed by atoms with Crippen molar-refractivity contribution in [2.75, 3.05) is 33.2 Å². The van der Waals surface area contributed by atoms with E-state index < -0.39 is 5.54 Å². The monoisotopic (exact) mass is 294 g/mol. The van der Waals surface area contributed by atoms with E-state index in [1.807, 2.05) is 0 Å². The predicted octanol–water partition coefficient (Wildman–Crippen LogP) is 0.535. The Bertz CT molecular complexity index is 412. The zero-order chi connectivity index (χ0) is 14.9. The number of amides is 3. The number of urea groups is 1. The molecule has 1 spiro atoms. The minimum absolute atomic E-state index is 0.00332. The van der Waals surface area contributed by atoms with Crippen molar-refractivity contribution in [1.82, 2.24) is 20.4 Å². The Morgan fingerprint density at radius 3 is 2.67 bits per heavy atom. The number of carbonyl (C=O) groups is 2. The number of imide groups is 1. The van der Waals surface area contributed by atoms with Crippen LogP contribution in [0.5, 0.6) is 0 Å². The molecule has 0 aliphatic carbocycles. The number of rotatable bonds is 3. The van der Waals surface area contributed by atoms with E-state index in [0.717, 1.165) is 45.3 Å². The van der Waals surface area contributed by atoms with Crippen LogP contribution < -0.4 is 10.6 Å². The zero-order valence-electron chi connectivity index (χ0n) is 12.9. The molecule has 118 valence electrons. The summed E-state index contributed by atoms with van der Waals surface area (Å²) in [6.45, 7) is 3.33. The van der Waals surface area contributed by atoms with E-state index >= 15 is 0 Å². The number of carbonyl (C=O) groups excluding carboxylic acids is 2. The van der Waals surface area contributed by atoms with Crippen LogP contribution >= 0.6 is 0 Å². The van der Waals surface area contributed by atoms with Crippen LogP contribution in [0.2, 0.25) is 0 Å². The Hall–Kier alpha value is -1.14. The van der Waals surface area contributed by atoms with Crippen LogP contribution in [0.3, 0.4) is 0 Å². The van der Waals surface area contributed by atoms with Crippen molar-refractivity contribution in [2.24, 2.45) is 0 Å². The van der Waals surface area contributed by atoms with Crippen LogP contribution in [0.25, 0.3) is 0 Å². The number of likely N-dealkylation sites (tertiary alicyclic amines) is 1. The number of nitrogens with one attached hydrogen (secondary N) is 2. The molecule has 2 N–H and O–H groups in total. The highest BCUT2D eigenvalue weighted by atomic mass is 16.2. The average Bonchev–Trinajstić information content (AvgIpc) is 2.73. The van der Waals surface area contributed by atoms with E-state index in [9.17, 15) is 9.59 Å². The van der Waals surface area contributed by atoms with Gasteiger partial charge in [0.05, 0.1) is 0 Å². The standard InChI is InChI=1S/C15H26N4O2/c1-18-10-6-15(7-11-18)13(20)19(14(21)17-15)9-5-12-4-2-3-8-16-12/h12,16H,2-11H2,1H3,(H,17,21). The van der Waals surface area contributed by atoms with E-state index in [4.69, 9.17) is 0 Å². The minimum atomic E-state index is -0.621. The SMILES string of the molecule is CN1CCC2(CC1)NC(=O)N(CCC1CCCCN1)C2=O. The molecule has 3 rings (SSSR count). The lowest BCUT2D eigenvalue weighted by molar-refractivity contribution is -0.132. The third-order valence-electron chi connectivity index (χ3n) is 5.20. The summed E-state index contributed by atoms with van der Waals surface area (Å²) in [5.41, 5.74) is -0.621. The Kier molecular flexibility index (Phi) is 4.17. The Morgan fingerprint density at radius 1 is 1.24 bits per heavy atom. The summed E-state index contributed by atoms with van der Waals surface area (Å²) in [5, 5.41) is 6.44. The van der Waals surface area contributed by atoms with Crippen molar-refractivity contribution in [3.05, 3.63) is 0 Å². The van der Waals surface area contributed by atoms with Crippen LogP contribution in [-0.2, 0) is 4.79 Å². The van der Waals surface area contributed by atoms with Crippen molar-refractivity contribution >= 4 is 11.9 Å². The molecule has 6 nitrogen and oxygen atoms in total. The van der Waals surface area contributed by atoms with Crippen molar-refractivity contribution in [3.63, 3.8) is 0 Å². The van der Waals surface area contributed by atoms with Gasteiger partial charge in [0.1, 0.15) is 5.54 Å². The van der Waals surface area contributed by atoms with Crippen LogP contribution in [0, 0.1) is 0 Å². The molecule has 3 fully saturated rings. The molecule has 21 heavy (non-hydrogen) atoms. The Morgan fingerprint density at radius 2 is 2.00 bits per heavy atom. The molecular formula is C15H26N4O2. The summed E-state index contributed by atoms with van der Waals surface area (Å²) in [7, 11) is 2.06.